The van der Waals surface area contributed by atoms with Crippen molar-refractivity contribution in [1.29, 1.82) is 0 Å². The molecule has 1 saturated heterocycles. The first kappa shape index (κ1) is 23.0. The van der Waals surface area contributed by atoms with E-state index in [0.29, 0.717) is 11.5 Å². The quantitative estimate of drug-likeness (QED) is 0.341. The van der Waals surface area contributed by atoms with Crippen LogP contribution in [0.3, 0.4) is 0 Å². The predicted molar refractivity (Wildman–Crippen MR) is 117 cm³/mol. The van der Waals surface area contributed by atoms with Crippen LogP contribution < -0.4 is 20.8 Å². The van der Waals surface area contributed by atoms with Crippen LogP contribution in [-0.4, -0.2) is 73.6 Å². The molecule has 4 rings (SSSR count). The Morgan fingerprint density at radius 3 is 2.73 bits per heavy atom. The Morgan fingerprint density at radius 1 is 1.30 bits per heavy atom. The van der Waals surface area contributed by atoms with Crippen molar-refractivity contribution in [3.05, 3.63) is 40.4 Å². The smallest absolute Gasteiger partial charge is 0.283 e. The minimum Gasteiger partial charge on any atom is -0.493 e. The number of hydrogen-bond donors (Lipinski definition) is 4. The fourth-order valence-corrected chi connectivity index (χ4v) is 4.01. The predicted octanol–water partition coefficient (Wildman–Crippen LogP) is -0.563. The lowest BCUT2D eigenvalue weighted by atomic mass is 10.1. The Labute approximate surface area is 188 Å². The third kappa shape index (κ3) is 4.37. The standard InChI is InChI=1S/C21H27N5O7/c1-31-14-4-3-11(6-15(14)32-2)5-12(28)8-25-20(30)18-19(24-21(25)22)26(10-23-18)17-7-13(29)16(9-27)33-17/h3-4,6,10,12-13,16-17,27-29H,5,7-9H2,1-2H3,(H2,22,24)/t12-,13-,16-,17-/m0/s1. The van der Waals surface area contributed by atoms with E-state index in [1.807, 2.05) is 0 Å². The number of methoxy groups -OCH3 is 2. The zero-order valence-electron chi connectivity index (χ0n) is 18.3. The molecule has 1 aliphatic rings. The second-order valence-electron chi connectivity index (χ2n) is 7.87. The maximum absolute atomic E-state index is 13.0. The van der Waals surface area contributed by atoms with Gasteiger partial charge < -0.3 is 35.3 Å². The van der Waals surface area contributed by atoms with E-state index in [9.17, 15) is 20.1 Å². The fourth-order valence-electron chi connectivity index (χ4n) is 4.01. The number of anilines is 1. The van der Waals surface area contributed by atoms with Gasteiger partial charge in [0.15, 0.2) is 22.7 Å². The first-order valence-electron chi connectivity index (χ1n) is 10.4. The molecular formula is C21H27N5O7. The molecule has 0 saturated carbocycles. The van der Waals surface area contributed by atoms with Crippen molar-refractivity contribution in [3.8, 4) is 11.5 Å². The molecule has 1 aromatic carbocycles. The van der Waals surface area contributed by atoms with Crippen molar-refractivity contribution in [1.82, 2.24) is 19.1 Å². The summed E-state index contributed by atoms with van der Waals surface area (Å²) >= 11 is 0. The Hall–Kier alpha value is -3.19. The van der Waals surface area contributed by atoms with E-state index in [4.69, 9.17) is 19.9 Å². The van der Waals surface area contributed by atoms with Crippen molar-refractivity contribution in [2.45, 2.75) is 43.9 Å². The summed E-state index contributed by atoms with van der Waals surface area (Å²) in [5, 5.41) is 29.9. The number of ether oxygens (including phenoxy) is 3. The molecule has 12 heteroatoms. The average Bonchev–Trinajstić information content (AvgIpc) is 3.39. The van der Waals surface area contributed by atoms with Gasteiger partial charge in [-0.2, -0.15) is 4.98 Å². The Balaban J connectivity index is 1.56. The molecule has 178 valence electrons. The van der Waals surface area contributed by atoms with E-state index in [1.165, 1.54) is 29.7 Å². The van der Waals surface area contributed by atoms with Crippen molar-refractivity contribution in [3.63, 3.8) is 0 Å². The molecule has 12 nitrogen and oxygen atoms in total. The highest BCUT2D eigenvalue weighted by molar-refractivity contribution is 5.71. The summed E-state index contributed by atoms with van der Waals surface area (Å²) in [5.41, 5.74) is 6.62. The highest BCUT2D eigenvalue weighted by Gasteiger charge is 2.35. The van der Waals surface area contributed by atoms with Crippen LogP contribution in [0.1, 0.15) is 18.2 Å². The molecular weight excluding hydrogens is 434 g/mol. The van der Waals surface area contributed by atoms with E-state index in [-0.39, 0.29) is 43.1 Å². The monoisotopic (exact) mass is 461 g/mol. The molecule has 0 radical (unpaired) electrons. The topological polar surface area (TPSA) is 167 Å². The minimum atomic E-state index is -0.928. The third-order valence-electron chi connectivity index (χ3n) is 5.72. The number of hydrogen-bond acceptors (Lipinski definition) is 10. The zero-order chi connectivity index (χ0) is 23.7. The average molecular weight is 461 g/mol. The lowest BCUT2D eigenvalue weighted by Gasteiger charge is -2.16. The van der Waals surface area contributed by atoms with Crippen LogP contribution in [0.15, 0.2) is 29.3 Å². The molecule has 33 heavy (non-hydrogen) atoms. The molecule has 5 N–H and O–H groups in total. The molecule has 0 unspecified atom stereocenters. The van der Waals surface area contributed by atoms with Gasteiger partial charge in [-0.05, 0) is 17.7 Å². The first-order valence-corrected chi connectivity index (χ1v) is 10.4. The summed E-state index contributed by atoms with van der Waals surface area (Å²) < 4.78 is 18.8. The first-order chi connectivity index (χ1) is 15.9. The second kappa shape index (κ2) is 9.35. The third-order valence-corrected chi connectivity index (χ3v) is 5.72. The van der Waals surface area contributed by atoms with Gasteiger partial charge in [0.1, 0.15) is 12.3 Å². The van der Waals surface area contributed by atoms with Crippen molar-refractivity contribution in [2.75, 3.05) is 26.6 Å². The van der Waals surface area contributed by atoms with Gasteiger partial charge in [-0.25, -0.2) is 4.98 Å². The number of aromatic nitrogens is 4. The van der Waals surface area contributed by atoms with Gasteiger partial charge in [0, 0.05) is 12.8 Å². The van der Waals surface area contributed by atoms with Gasteiger partial charge >= 0.3 is 0 Å². The van der Waals surface area contributed by atoms with E-state index >= 15 is 0 Å². The van der Waals surface area contributed by atoms with Gasteiger partial charge in [0.2, 0.25) is 5.95 Å². The molecule has 2 aromatic heterocycles. The molecule has 0 aliphatic carbocycles. The van der Waals surface area contributed by atoms with Crippen LogP contribution in [0.5, 0.6) is 11.5 Å². The number of benzene rings is 1. The Kier molecular flexibility index (Phi) is 6.51. The van der Waals surface area contributed by atoms with E-state index in [2.05, 4.69) is 9.97 Å². The maximum atomic E-state index is 13.0. The molecule has 1 fully saturated rings. The van der Waals surface area contributed by atoms with Crippen LogP contribution >= 0.6 is 0 Å². The summed E-state index contributed by atoms with van der Waals surface area (Å²) in [6.45, 7) is -0.412. The van der Waals surface area contributed by atoms with E-state index < -0.39 is 30.1 Å². The van der Waals surface area contributed by atoms with Crippen molar-refractivity contribution in [2.24, 2.45) is 0 Å². The Bertz CT molecular complexity index is 1190. The molecule has 3 heterocycles. The molecule has 0 spiro atoms. The number of nitrogens with zero attached hydrogens (tertiary/aromatic N) is 4. The normalized spacial score (nSPS) is 21.4. The maximum Gasteiger partial charge on any atom is 0.283 e. The highest BCUT2D eigenvalue weighted by Crippen LogP contribution is 2.30. The molecule has 1 aliphatic heterocycles. The zero-order valence-corrected chi connectivity index (χ0v) is 18.3. The lowest BCUT2D eigenvalue weighted by molar-refractivity contribution is -0.0432. The number of nitrogen functional groups attached to an aromatic ring is 1. The van der Waals surface area contributed by atoms with Crippen LogP contribution in [0.4, 0.5) is 5.95 Å². The van der Waals surface area contributed by atoms with Crippen molar-refractivity contribution < 1.29 is 29.5 Å². The van der Waals surface area contributed by atoms with Gasteiger partial charge in [-0.15, -0.1) is 0 Å². The van der Waals surface area contributed by atoms with Gasteiger partial charge in [0.05, 0.1) is 45.9 Å². The van der Waals surface area contributed by atoms with E-state index in [0.717, 1.165) is 5.56 Å². The Morgan fingerprint density at radius 2 is 2.06 bits per heavy atom. The molecule has 4 atom stereocenters. The number of nitrogens with two attached hydrogens (primary N) is 1. The summed E-state index contributed by atoms with van der Waals surface area (Å²) in [6.07, 6.45) is -1.29. The molecule has 3 aromatic rings. The fraction of sp³-hybridized carbons (Fsp3) is 0.476. The number of rotatable bonds is 8. The van der Waals surface area contributed by atoms with Gasteiger partial charge in [-0.1, -0.05) is 6.07 Å². The largest absolute Gasteiger partial charge is 0.493 e. The molecule has 0 bridgehead atoms. The van der Waals surface area contributed by atoms with Crippen LogP contribution in [0.25, 0.3) is 11.2 Å². The van der Waals surface area contributed by atoms with Crippen LogP contribution in [0, 0.1) is 0 Å². The number of imidazole rings is 1. The number of aliphatic hydroxyl groups excluding tert-OH is 3. The van der Waals surface area contributed by atoms with Crippen LogP contribution in [0.2, 0.25) is 0 Å². The molecule has 0 amide bonds. The summed E-state index contributed by atoms with van der Waals surface area (Å²) in [4.78, 5) is 21.5. The van der Waals surface area contributed by atoms with Gasteiger partial charge in [0.25, 0.3) is 5.56 Å². The summed E-state index contributed by atoms with van der Waals surface area (Å²) in [5.74, 6) is 1.03. The van der Waals surface area contributed by atoms with Gasteiger partial charge in [-0.3, -0.25) is 13.9 Å². The highest BCUT2D eigenvalue weighted by atomic mass is 16.5. The van der Waals surface area contributed by atoms with E-state index in [1.54, 1.807) is 18.2 Å². The number of fused-ring (bicyclic) bond motifs is 1. The lowest BCUT2D eigenvalue weighted by Crippen LogP contribution is -2.31. The minimum absolute atomic E-state index is 0.0630. The van der Waals surface area contributed by atoms with Crippen LogP contribution in [-0.2, 0) is 17.7 Å². The number of aliphatic hydroxyl groups is 3. The summed E-state index contributed by atoms with van der Waals surface area (Å²) in [6, 6.07) is 5.30. The van der Waals surface area contributed by atoms with Crippen molar-refractivity contribution >= 4 is 17.1 Å². The summed E-state index contributed by atoms with van der Waals surface area (Å²) in [7, 11) is 3.07. The SMILES string of the molecule is COc1ccc(C[C@H](O)Cn2c(N)nc3c(ncn3[C@@H]3C[C@H](O)[C@H](CO)O3)c2=O)cc1OC. The second-order valence-corrected chi connectivity index (χ2v) is 7.87.